The molecule has 2 heterocycles. The molecule has 2 unspecified atom stereocenters. The van der Waals surface area contributed by atoms with Crippen LogP contribution in [-0.4, -0.2) is 16.1 Å². The SMILES string of the molecule is CCc1cc2c(OC3CCCCC3C)nc(NN)nc2s1. The third-order valence-corrected chi connectivity index (χ3v) is 5.36. The van der Waals surface area contributed by atoms with Crippen LogP contribution in [0.15, 0.2) is 6.07 Å². The van der Waals surface area contributed by atoms with Crippen molar-refractivity contribution in [2.75, 3.05) is 5.43 Å². The first-order chi connectivity index (χ1) is 10.2. The van der Waals surface area contributed by atoms with Gasteiger partial charge in [0, 0.05) is 4.88 Å². The first-order valence-corrected chi connectivity index (χ1v) is 8.46. The van der Waals surface area contributed by atoms with Gasteiger partial charge in [0.25, 0.3) is 0 Å². The molecule has 2 atom stereocenters. The Morgan fingerprint density at radius 3 is 2.90 bits per heavy atom. The molecule has 1 aliphatic carbocycles. The molecular weight excluding hydrogens is 284 g/mol. The number of anilines is 1. The fourth-order valence-electron chi connectivity index (χ4n) is 2.87. The summed E-state index contributed by atoms with van der Waals surface area (Å²) in [5, 5.41) is 1.01. The lowest BCUT2D eigenvalue weighted by Crippen LogP contribution is -2.28. The van der Waals surface area contributed by atoms with Gasteiger partial charge < -0.3 is 4.74 Å². The number of aromatic nitrogens is 2. The van der Waals surface area contributed by atoms with E-state index in [0.717, 1.165) is 23.1 Å². The predicted molar refractivity (Wildman–Crippen MR) is 86.7 cm³/mol. The number of rotatable bonds is 4. The minimum atomic E-state index is 0.243. The summed E-state index contributed by atoms with van der Waals surface area (Å²) in [6, 6.07) is 2.14. The first-order valence-electron chi connectivity index (χ1n) is 7.65. The molecule has 1 fully saturated rings. The van der Waals surface area contributed by atoms with E-state index in [1.165, 1.54) is 24.1 Å². The second-order valence-electron chi connectivity index (χ2n) is 5.70. The zero-order chi connectivity index (χ0) is 14.8. The number of aryl methyl sites for hydroxylation is 1. The van der Waals surface area contributed by atoms with Crippen LogP contribution in [0.25, 0.3) is 10.2 Å². The summed E-state index contributed by atoms with van der Waals surface area (Å²) >= 11 is 1.68. The van der Waals surface area contributed by atoms with E-state index in [0.29, 0.717) is 17.7 Å². The molecule has 3 N–H and O–H groups in total. The highest BCUT2D eigenvalue weighted by Crippen LogP contribution is 2.34. The lowest BCUT2D eigenvalue weighted by Gasteiger charge is -2.29. The van der Waals surface area contributed by atoms with Crippen molar-refractivity contribution in [3.63, 3.8) is 0 Å². The van der Waals surface area contributed by atoms with Crippen LogP contribution in [-0.2, 0) is 6.42 Å². The summed E-state index contributed by atoms with van der Waals surface area (Å²) in [6.07, 6.45) is 6.09. The maximum absolute atomic E-state index is 6.24. The van der Waals surface area contributed by atoms with Crippen LogP contribution >= 0.6 is 11.3 Å². The molecule has 5 nitrogen and oxygen atoms in total. The number of fused-ring (bicyclic) bond motifs is 1. The van der Waals surface area contributed by atoms with Crippen molar-refractivity contribution in [2.45, 2.75) is 52.1 Å². The van der Waals surface area contributed by atoms with Crippen molar-refractivity contribution in [1.29, 1.82) is 0 Å². The number of hydrogen-bond donors (Lipinski definition) is 2. The van der Waals surface area contributed by atoms with Crippen LogP contribution < -0.4 is 16.0 Å². The monoisotopic (exact) mass is 306 g/mol. The second kappa shape index (κ2) is 6.15. The lowest BCUT2D eigenvalue weighted by molar-refractivity contribution is 0.0994. The number of nitrogens with two attached hydrogens (primary N) is 1. The van der Waals surface area contributed by atoms with E-state index in [2.05, 4.69) is 35.3 Å². The zero-order valence-corrected chi connectivity index (χ0v) is 13.4. The Morgan fingerprint density at radius 2 is 2.19 bits per heavy atom. The van der Waals surface area contributed by atoms with Gasteiger partial charge in [-0.3, -0.25) is 5.43 Å². The Labute approximate surface area is 128 Å². The average molecular weight is 306 g/mol. The molecule has 1 aliphatic rings. The number of ether oxygens (including phenoxy) is 1. The predicted octanol–water partition coefficient (Wildman–Crippen LogP) is 3.50. The Hall–Kier alpha value is -1.40. The van der Waals surface area contributed by atoms with Gasteiger partial charge in [0.2, 0.25) is 11.8 Å². The molecular formula is C15H22N4OS. The largest absolute Gasteiger partial charge is 0.473 e. The highest BCUT2D eigenvalue weighted by atomic mass is 32.1. The van der Waals surface area contributed by atoms with Crippen molar-refractivity contribution in [1.82, 2.24) is 9.97 Å². The molecule has 0 bridgehead atoms. The molecule has 21 heavy (non-hydrogen) atoms. The quantitative estimate of drug-likeness (QED) is 0.668. The third kappa shape index (κ3) is 2.96. The Morgan fingerprint density at radius 1 is 1.38 bits per heavy atom. The molecule has 114 valence electrons. The minimum absolute atomic E-state index is 0.243. The fraction of sp³-hybridized carbons (Fsp3) is 0.600. The summed E-state index contributed by atoms with van der Waals surface area (Å²) in [5.41, 5.74) is 2.54. The van der Waals surface area contributed by atoms with Crippen LogP contribution in [0.5, 0.6) is 5.88 Å². The molecule has 2 aromatic rings. The van der Waals surface area contributed by atoms with E-state index in [-0.39, 0.29) is 6.10 Å². The van der Waals surface area contributed by atoms with Crippen LogP contribution in [0, 0.1) is 5.92 Å². The molecule has 2 aromatic heterocycles. The van der Waals surface area contributed by atoms with Gasteiger partial charge >= 0.3 is 0 Å². The van der Waals surface area contributed by atoms with E-state index in [9.17, 15) is 0 Å². The van der Waals surface area contributed by atoms with E-state index < -0.39 is 0 Å². The molecule has 0 aliphatic heterocycles. The van der Waals surface area contributed by atoms with Gasteiger partial charge in [0.05, 0.1) is 5.39 Å². The van der Waals surface area contributed by atoms with Gasteiger partial charge in [-0.2, -0.15) is 4.98 Å². The normalized spacial score (nSPS) is 22.4. The molecule has 6 heteroatoms. The number of thiophene rings is 1. The van der Waals surface area contributed by atoms with E-state index >= 15 is 0 Å². The summed E-state index contributed by atoms with van der Waals surface area (Å²) in [4.78, 5) is 11.1. The Bertz CT molecular complexity index is 627. The number of nitrogen functional groups attached to an aromatic ring is 1. The maximum Gasteiger partial charge on any atom is 0.241 e. The third-order valence-electron chi connectivity index (χ3n) is 4.18. The fourth-order valence-corrected chi connectivity index (χ4v) is 3.83. The van der Waals surface area contributed by atoms with E-state index in [1.807, 2.05) is 0 Å². The maximum atomic E-state index is 6.24. The van der Waals surface area contributed by atoms with Gasteiger partial charge in [-0.05, 0) is 37.7 Å². The Balaban J connectivity index is 1.96. The molecule has 0 spiro atoms. The molecule has 0 amide bonds. The Kier molecular flexibility index (Phi) is 4.26. The molecule has 0 saturated heterocycles. The summed E-state index contributed by atoms with van der Waals surface area (Å²) in [5.74, 6) is 7.15. The van der Waals surface area contributed by atoms with Gasteiger partial charge in [0.15, 0.2) is 0 Å². The smallest absolute Gasteiger partial charge is 0.241 e. The van der Waals surface area contributed by atoms with Gasteiger partial charge in [-0.1, -0.05) is 20.3 Å². The molecule has 3 rings (SSSR count). The molecule has 0 radical (unpaired) electrons. The van der Waals surface area contributed by atoms with Crippen LogP contribution in [0.3, 0.4) is 0 Å². The molecule has 1 saturated carbocycles. The van der Waals surface area contributed by atoms with Crippen LogP contribution in [0.1, 0.15) is 44.4 Å². The van der Waals surface area contributed by atoms with Crippen LogP contribution in [0.4, 0.5) is 5.95 Å². The van der Waals surface area contributed by atoms with Gasteiger partial charge in [-0.15, -0.1) is 11.3 Å². The number of nitrogens with zero attached hydrogens (tertiary/aromatic N) is 2. The number of hydrogen-bond acceptors (Lipinski definition) is 6. The zero-order valence-electron chi connectivity index (χ0n) is 12.6. The van der Waals surface area contributed by atoms with Gasteiger partial charge in [0.1, 0.15) is 10.9 Å². The summed E-state index contributed by atoms with van der Waals surface area (Å²) in [7, 11) is 0. The van der Waals surface area contributed by atoms with Crippen LogP contribution in [0.2, 0.25) is 0 Å². The van der Waals surface area contributed by atoms with Crippen molar-refractivity contribution in [2.24, 2.45) is 11.8 Å². The summed E-state index contributed by atoms with van der Waals surface area (Å²) in [6.45, 7) is 4.40. The lowest BCUT2D eigenvalue weighted by atomic mass is 9.88. The molecule has 0 aromatic carbocycles. The van der Waals surface area contributed by atoms with Crippen molar-refractivity contribution in [3.8, 4) is 5.88 Å². The van der Waals surface area contributed by atoms with Crippen molar-refractivity contribution < 1.29 is 4.74 Å². The van der Waals surface area contributed by atoms with Gasteiger partial charge in [-0.25, -0.2) is 10.8 Å². The number of hydrazine groups is 1. The highest BCUT2D eigenvalue weighted by molar-refractivity contribution is 7.18. The minimum Gasteiger partial charge on any atom is -0.473 e. The van der Waals surface area contributed by atoms with E-state index in [1.54, 1.807) is 11.3 Å². The van der Waals surface area contributed by atoms with Crippen molar-refractivity contribution >= 4 is 27.5 Å². The summed E-state index contributed by atoms with van der Waals surface area (Å²) < 4.78 is 6.24. The topological polar surface area (TPSA) is 73.1 Å². The highest BCUT2D eigenvalue weighted by Gasteiger charge is 2.25. The van der Waals surface area contributed by atoms with E-state index in [4.69, 9.17) is 10.6 Å². The first kappa shape index (κ1) is 14.5. The van der Waals surface area contributed by atoms with Crippen molar-refractivity contribution in [3.05, 3.63) is 10.9 Å². The second-order valence-corrected chi connectivity index (χ2v) is 6.82. The number of nitrogens with one attached hydrogen (secondary N) is 1. The average Bonchev–Trinajstić information content (AvgIpc) is 2.92. The standard InChI is InChI=1S/C15H22N4OS/c1-3-10-8-11-13(17-15(19-16)18-14(11)21-10)20-12-7-5-4-6-9(12)2/h8-9,12H,3-7,16H2,1-2H3,(H,17,18,19).